The van der Waals surface area contributed by atoms with E-state index >= 15 is 0 Å². The van der Waals surface area contributed by atoms with Gasteiger partial charge in [0.05, 0.1) is 23.7 Å². The van der Waals surface area contributed by atoms with Crippen molar-refractivity contribution in [3.8, 4) is 5.75 Å². The van der Waals surface area contributed by atoms with Gasteiger partial charge >= 0.3 is 0 Å². The molecule has 0 aliphatic heterocycles. The van der Waals surface area contributed by atoms with Crippen molar-refractivity contribution in [3.05, 3.63) is 90.5 Å². The van der Waals surface area contributed by atoms with Crippen LogP contribution in [0.1, 0.15) is 18.5 Å². The Balaban J connectivity index is 1.86. The van der Waals surface area contributed by atoms with Crippen LogP contribution in [0.3, 0.4) is 0 Å². The lowest BCUT2D eigenvalue weighted by atomic mass is 10.1. The van der Waals surface area contributed by atoms with E-state index in [0.29, 0.717) is 11.4 Å². The van der Waals surface area contributed by atoms with Crippen LogP contribution in [-0.2, 0) is 14.8 Å². The summed E-state index contributed by atoms with van der Waals surface area (Å²) in [5.74, 6) is 0.155. The van der Waals surface area contributed by atoms with Crippen LogP contribution in [0.25, 0.3) is 0 Å². The molecule has 3 aromatic rings. The SMILES string of the molecule is COc1ccc(S(=O)(=O)N(CC(=O)NC(C)c2ccccc2)c2ccccc2)cc1. The molecule has 6 nitrogen and oxygen atoms in total. The van der Waals surface area contributed by atoms with E-state index in [0.717, 1.165) is 9.87 Å². The molecule has 1 amide bonds. The topological polar surface area (TPSA) is 75.7 Å². The fourth-order valence-electron chi connectivity index (χ4n) is 3.03. The first-order valence-electron chi connectivity index (χ1n) is 9.48. The van der Waals surface area contributed by atoms with E-state index in [1.165, 1.54) is 19.2 Å². The third-order valence-electron chi connectivity index (χ3n) is 4.66. The fourth-order valence-corrected chi connectivity index (χ4v) is 4.45. The van der Waals surface area contributed by atoms with Gasteiger partial charge < -0.3 is 10.1 Å². The standard InChI is InChI=1S/C23H24N2O4S/c1-18(19-9-5-3-6-10-19)24-23(26)17-25(20-11-7-4-8-12-20)30(27,28)22-15-13-21(29-2)14-16-22/h3-16,18H,17H2,1-2H3,(H,24,26). The Hall–Kier alpha value is -3.32. The van der Waals surface area contributed by atoms with E-state index in [4.69, 9.17) is 4.74 Å². The van der Waals surface area contributed by atoms with Crippen LogP contribution >= 0.6 is 0 Å². The average Bonchev–Trinajstić information content (AvgIpc) is 2.78. The number of sulfonamides is 1. The van der Waals surface area contributed by atoms with Crippen molar-refractivity contribution < 1.29 is 17.9 Å². The summed E-state index contributed by atoms with van der Waals surface area (Å²) in [5, 5.41) is 2.87. The van der Waals surface area contributed by atoms with Crippen molar-refractivity contribution in [1.82, 2.24) is 5.32 Å². The van der Waals surface area contributed by atoms with E-state index in [1.54, 1.807) is 42.5 Å². The number of methoxy groups -OCH3 is 1. The number of anilines is 1. The van der Waals surface area contributed by atoms with E-state index in [9.17, 15) is 13.2 Å². The first kappa shape index (κ1) is 21.4. The molecule has 0 aliphatic rings. The lowest BCUT2D eigenvalue weighted by Gasteiger charge is -2.25. The number of carbonyl (C=O) groups excluding carboxylic acids is 1. The monoisotopic (exact) mass is 424 g/mol. The summed E-state index contributed by atoms with van der Waals surface area (Å²) in [6.45, 7) is 1.52. The van der Waals surface area contributed by atoms with Crippen LogP contribution < -0.4 is 14.4 Å². The number of hydrogen-bond acceptors (Lipinski definition) is 4. The van der Waals surface area contributed by atoms with Crippen LogP contribution in [0.2, 0.25) is 0 Å². The van der Waals surface area contributed by atoms with Gasteiger partial charge in [0.2, 0.25) is 5.91 Å². The highest BCUT2D eigenvalue weighted by atomic mass is 32.2. The largest absolute Gasteiger partial charge is 0.497 e. The van der Waals surface area contributed by atoms with Gasteiger partial charge in [-0.15, -0.1) is 0 Å². The van der Waals surface area contributed by atoms with E-state index in [2.05, 4.69) is 5.32 Å². The van der Waals surface area contributed by atoms with Gasteiger partial charge in [0, 0.05) is 0 Å². The van der Waals surface area contributed by atoms with Gasteiger partial charge in [0.1, 0.15) is 12.3 Å². The first-order valence-corrected chi connectivity index (χ1v) is 10.9. The maximum absolute atomic E-state index is 13.3. The summed E-state index contributed by atoms with van der Waals surface area (Å²) in [7, 11) is -2.45. The van der Waals surface area contributed by atoms with Gasteiger partial charge in [-0.2, -0.15) is 0 Å². The predicted molar refractivity (Wildman–Crippen MR) is 117 cm³/mol. The second kappa shape index (κ2) is 9.45. The summed E-state index contributed by atoms with van der Waals surface area (Å²) >= 11 is 0. The molecule has 0 saturated heterocycles. The molecule has 0 aromatic heterocycles. The number of rotatable bonds is 8. The smallest absolute Gasteiger partial charge is 0.264 e. The number of para-hydroxylation sites is 1. The summed E-state index contributed by atoms with van der Waals surface area (Å²) in [4.78, 5) is 12.8. The Morgan fingerprint density at radius 3 is 2.07 bits per heavy atom. The highest BCUT2D eigenvalue weighted by Crippen LogP contribution is 2.25. The predicted octanol–water partition coefficient (Wildman–Crippen LogP) is 3.77. The Bertz CT molecular complexity index is 1070. The van der Waals surface area contributed by atoms with E-state index < -0.39 is 15.9 Å². The lowest BCUT2D eigenvalue weighted by Crippen LogP contribution is -2.41. The molecule has 1 unspecified atom stereocenters. The van der Waals surface area contributed by atoms with Crippen molar-refractivity contribution in [2.24, 2.45) is 0 Å². The lowest BCUT2D eigenvalue weighted by molar-refractivity contribution is -0.120. The molecule has 7 heteroatoms. The molecule has 3 rings (SSSR count). The molecule has 0 heterocycles. The Kier molecular flexibility index (Phi) is 6.74. The molecule has 1 atom stereocenters. The van der Waals surface area contributed by atoms with Crippen LogP contribution in [0.15, 0.2) is 89.8 Å². The third-order valence-corrected chi connectivity index (χ3v) is 6.44. The number of benzene rings is 3. The molecule has 30 heavy (non-hydrogen) atoms. The molecule has 0 radical (unpaired) electrons. The highest BCUT2D eigenvalue weighted by molar-refractivity contribution is 7.92. The minimum atomic E-state index is -3.96. The van der Waals surface area contributed by atoms with Crippen LogP contribution in [0, 0.1) is 0 Å². The van der Waals surface area contributed by atoms with Crippen molar-refractivity contribution in [2.75, 3.05) is 18.0 Å². The van der Waals surface area contributed by atoms with Crippen molar-refractivity contribution in [3.63, 3.8) is 0 Å². The molecule has 1 N–H and O–H groups in total. The molecular formula is C23H24N2O4S. The molecule has 156 valence electrons. The molecule has 3 aromatic carbocycles. The number of hydrogen-bond donors (Lipinski definition) is 1. The Morgan fingerprint density at radius 2 is 1.50 bits per heavy atom. The minimum Gasteiger partial charge on any atom is -0.497 e. The highest BCUT2D eigenvalue weighted by Gasteiger charge is 2.27. The molecule has 0 bridgehead atoms. The van der Waals surface area contributed by atoms with Crippen molar-refractivity contribution >= 4 is 21.6 Å². The Morgan fingerprint density at radius 1 is 0.933 bits per heavy atom. The summed E-state index contributed by atoms with van der Waals surface area (Å²) in [5.41, 5.74) is 1.35. The minimum absolute atomic E-state index is 0.0797. The van der Waals surface area contributed by atoms with Crippen LogP contribution in [0.5, 0.6) is 5.75 Å². The van der Waals surface area contributed by atoms with Crippen molar-refractivity contribution in [1.29, 1.82) is 0 Å². The van der Waals surface area contributed by atoms with Crippen molar-refractivity contribution in [2.45, 2.75) is 17.9 Å². The third kappa shape index (κ3) is 4.99. The first-order chi connectivity index (χ1) is 14.4. The number of ether oxygens (including phenoxy) is 1. The maximum Gasteiger partial charge on any atom is 0.264 e. The molecule has 0 fully saturated rings. The second-order valence-corrected chi connectivity index (χ2v) is 8.58. The number of carbonyl (C=O) groups is 1. The Labute approximate surface area is 177 Å². The zero-order chi connectivity index (χ0) is 21.6. The second-order valence-electron chi connectivity index (χ2n) is 6.72. The van der Waals surface area contributed by atoms with Gasteiger partial charge in [-0.25, -0.2) is 8.42 Å². The molecular weight excluding hydrogens is 400 g/mol. The van der Waals surface area contributed by atoms with Gasteiger partial charge in [-0.1, -0.05) is 48.5 Å². The van der Waals surface area contributed by atoms with Gasteiger partial charge in [0.15, 0.2) is 0 Å². The quantitative estimate of drug-likeness (QED) is 0.597. The zero-order valence-electron chi connectivity index (χ0n) is 16.9. The molecule has 0 spiro atoms. The van der Waals surface area contributed by atoms with Gasteiger partial charge in [-0.3, -0.25) is 9.10 Å². The summed E-state index contributed by atoms with van der Waals surface area (Å²) in [6, 6.07) is 23.9. The average molecular weight is 425 g/mol. The van der Waals surface area contributed by atoms with E-state index in [-0.39, 0.29) is 17.5 Å². The number of nitrogens with zero attached hydrogens (tertiary/aromatic N) is 1. The molecule has 0 aliphatic carbocycles. The summed E-state index contributed by atoms with van der Waals surface area (Å²) in [6.07, 6.45) is 0. The zero-order valence-corrected chi connectivity index (χ0v) is 17.7. The van der Waals surface area contributed by atoms with Crippen LogP contribution in [0.4, 0.5) is 5.69 Å². The van der Waals surface area contributed by atoms with Crippen LogP contribution in [-0.4, -0.2) is 28.0 Å². The summed E-state index contributed by atoms with van der Waals surface area (Å²) < 4.78 is 32.9. The number of amides is 1. The normalized spacial score (nSPS) is 12.1. The molecule has 0 saturated carbocycles. The van der Waals surface area contributed by atoms with Gasteiger partial charge in [-0.05, 0) is 48.9 Å². The fraction of sp³-hybridized carbons (Fsp3) is 0.174. The van der Waals surface area contributed by atoms with E-state index in [1.807, 2.05) is 37.3 Å². The van der Waals surface area contributed by atoms with Gasteiger partial charge in [0.25, 0.3) is 10.0 Å². The maximum atomic E-state index is 13.3. The number of nitrogens with one attached hydrogen (secondary N) is 1.